The lowest BCUT2D eigenvalue weighted by molar-refractivity contribution is -0.195. The molecule has 1 unspecified atom stereocenters. The van der Waals surface area contributed by atoms with Crippen LogP contribution < -0.4 is 5.48 Å². The van der Waals surface area contributed by atoms with E-state index in [9.17, 15) is 9.90 Å². The van der Waals surface area contributed by atoms with Crippen LogP contribution in [0.15, 0.2) is 30.3 Å². The molecule has 1 aliphatic heterocycles. The lowest BCUT2D eigenvalue weighted by Gasteiger charge is -2.35. The van der Waals surface area contributed by atoms with Crippen LogP contribution in [0.3, 0.4) is 0 Å². The number of nitrogens with zero attached hydrogens (tertiary/aromatic N) is 1. The zero-order valence-corrected chi connectivity index (χ0v) is 13.1. The normalized spacial score (nSPS) is 32.1. The highest BCUT2D eigenvalue weighted by Gasteiger charge is 2.58. The lowest BCUT2D eigenvalue weighted by atomic mass is 9.76. The Hall–Kier alpha value is -1.43. The Bertz CT molecular complexity index is 500. The highest BCUT2D eigenvalue weighted by molar-refractivity contribution is 5.87. The van der Waals surface area contributed by atoms with Gasteiger partial charge in [-0.2, -0.15) is 5.48 Å². The van der Waals surface area contributed by atoms with Crippen LogP contribution in [-0.2, 0) is 9.63 Å². The molecule has 0 aliphatic carbocycles. The van der Waals surface area contributed by atoms with Crippen molar-refractivity contribution in [3.8, 4) is 0 Å². The summed E-state index contributed by atoms with van der Waals surface area (Å²) in [7, 11) is 0. The largest absolute Gasteiger partial charge is 0.364 e. The quantitative estimate of drug-likeness (QED) is 0.885. The smallest absolute Gasteiger partial charge is 0.245 e. The van der Waals surface area contributed by atoms with Crippen molar-refractivity contribution < 1.29 is 14.7 Å². The molecule has 2 N–H and O–H groups in total. The Morgan fingerprint density at radius 1 is 1.29 bits per heavy atom. The first-order valence-electron chi connectivity index (χ1n) is 7.38. The third kappa shape index (κ3) is 2.69. The Kier molecular flexibility index (Phi) is 4.37. The molecule has 1 fully saturated rings. The minimum atomic E-state index is -1.45. The van der Waals surface area contributed by atoms with Gasteiger partial charge in [0.2, 0.25) is 5.91 Å². The zero-order valence-electron chi connectivity index (χ0n) is 13.1. The molecule has 1 heterocycles. The van der Waals surface area contributed by atoms with E-state index in [1.165, 1.54) is 0 Å². The number of amides is 1. The summed E-state index contributed by atoms with van der Waals surface area (Å²) in [5.74, 6) is -2.00. The van der Waals surface area contributed by atoms with Crippen LogP contribution in [0.25, 0.3) is 0 Å². The summed E-state index contributed by atoms with van der Waals surface area (Å²) in [6, 6.07) is 9.51. The van der Waals surface area contributed by atoms with Gasteiger partial charge in [0.25, 0.3) is 0 Å². The second-order valence-corrected chi connectivity index (χ2v) is 5.78. The summed E-state index contributed by atoms with van der Waals surface area (Å²) >= 11 is 0. The van der Waals surface area contributed by atoms with Crippen molar-refractivity contribution in [2.24, 2.45) is 0 Å². The maximum absolute atomic E-state index is 12.9. The Morgan fingerprint density at radius 2 is 1.86 bits per heavy atom. The molecule has 2 rings (SSSR count). The summed E-state index contributed by atoms with van der Waals surface area (Å²) in [5.41, 5.74) is 2.65. The standard InChI is InChI=1S/C16H24N2O3/c1-5-18(6-2)14(19)15(3)13(16(4,20)21-17-15)12-10-8-7-9-11-12/h7-11,13,17,20H,5-6H2,1-4H3/t13-,15-,16?/m1/s1. The van der Waals surface area contributed by atoms with Gasteiger partial charge in [-0.1, -0.05) is 30.3 Å². The molecule has 5 heteroatoms. The SMILES string of the molecule is CCN(CC)C(=O)[C@]1(C)NOC(C)(O)[C@@H]1c1ccccc1. The van der Waals surface area contributed by atoms with E-state index in [1.54, 1.807) is 18.7 Å². The molecule has 1 aliphatic rings. The van der Waals surface area contributed by atoms with Gasteiger partial charge in [-0.25, -0.2) is 0 Å². The molecule has 5 nitrogen and oxygen atoms in total. The molecule has 3 atom stereocenters. The van der Waals surface area contributed by atoms with E-state index < -0.39 is 17.2 Å². The molecule has 116 valence electrons. The number of rotatable bonds is 4. The van der Waals surface area contributed by atoms with Crippen molar-refractivity contribution >= 4 is 5.91 Å². The third-order valence-electron chi connectivity index (χ3n) is 4.21. The number of carbonyl (C=O) groups excluding carboxylic acids is 1. The predicted octanol–water partition coefficient (Wildman–Crippen LogP) is 1.64. The van der Waals surface area contributed by atoms with Crippen LogP contribution in [0.1, 0.15) is 39.2 Å². The van der Waals surface area contributed by atoms with Gasteiger partial charge in [-0.05, 0) is 33.3 Å². The number of aliphatic hydroxyl groups is 1. The van der Waals surface area contributed by atoms with E-state index in [2.05, 4.69) is 5.48 Å². The van der Waals surface area contributed by atoms with E-state index in [4.69, 9.17) is 4.84 Å². The lowest BCUT2D eigenvalue weighted by Crippen LogP contribution is -2.56. The van der Waals surface area contributed by atoms with Gasteiger partial charge in [0.15, 0.2) is 5.79 Å². The van der Waals surface area contributed by atoms with Crippen molar-refractivity contribution in [2.45, 2.75) is 44.9 Å². The summed E-state index contributed by atoms with van der Waals surface area (Å²) in [4.78, 5) is 20.0. The number of hydroxylamine groups is 1. The van der Waals surface area contributed by atoms with E-state index in [0.717, 1.165) is 5.56 Å². The van der Waals surface area contributed by atoms with Crippen LogP contribution in [0.5, 0.6) is 0 Å². The predicted molar refractivity (Wildman–Crippen MR) is 80.4 cm³/mol. The van der Waals surface area contributed by atoms with E-state index in [0.29, 0.717) is 13.1 Å². The summed E-state index contributed by atoms with van der Waals surface area (Å²) in [6.07, 6.45) is 0. The number of hydrogen-bond donors (Lipinski definition) is 2. The van der Waals surface area contributed by atoms with Crippen LogP contribution in [-0.4, -0.2) is 40.3 Å². The third-order valence-corrected chi connectivity index (χ3v) is 4.21. The van der Waals surface area contributed by atoms with Gasteiger partial charge in [0.1, 0.15) is 5.54 Å². The van der Waals surface area contributed by atoms with Crippen LogP contribution in [0.4, 0.5) is 0 Å². The van der Waals surface area contributed by atoms with Crippen LogP contribution in [0.2, 0.25) is 0 Å². The fourth-order valence-electron chi connectivity index (χ4n) is 3.16. The van der Waals surface area contributed by atoms with Gasteiger partial charge in [0, 0.05) is 13.1 Å². The van der Waals surface area contributed by atoms with Crippen molar-refractivity contribution in [3.05, 3.63) is 35.9 Å². The first-order valence-corrected chi connectivity index (χ1v) is 7.38. The summed E-state index contributed by atoms with van der Waals surface area (Å²) in [6.45, 7) is 8.49. The highest BCUT2D eigenvalue weighted by atomic mass is 16.8. The number of hydrogen-bond acceptors (Lipinski definition) is 4. The number of carbonyl (C=O) groups is 1. The van der Waals surface area contributed by atoms with Crippen LogP contribution in [0, 0.1) is 0 Å². The molecule has 0 radical (unpaired) electrons. The van der Waals surface area contributed by atoms with Crippen molar-refractivity contribution in [2.75, 3.05) is 13.1 Å². The Morgan fingerprint density at radius 3 is 2.38 bits per heavy atom. The second kappa shape index (κ2) is 5.75. The van der Waals surface area contributed by atoms with Crippen molar-refractivity contribution in [3.63, 3.8) is 0 Å². The molecule has 0 aromatic heterocycles. The molecule has 0 spiro atoms. The zero-order chi connectivity index (χ0) is 15.7. The molecule has 0 saturated carbocycles. The monoisotopic (exact) mass is 292 g/mol. The molecule has 1 aromatic carbocycles. The highest BCUT2D eigenvalue weighted by Crippen LogP contribution is 2.44. The molecule has 21 heavy (non-hydrogen) atoms. The van der Waals surface area contributed by atoms with E-state index in [1.807, 2.05) is 44.2 Å². The number of likely N-dealkylation sites (N-methyl/N-ethyl adjacent to an activating group) is 1. The molecular weight excluding hydrogens is 268 g/mol. The van der Waals surface area contributed by atoms with Crippen molar-refractivity contribution in [1.29, 1.82) is 0 Å². The van der Waals surface area contributed by atoms with Gasteiger partial charge < -0.3 is 10.0 Å². The Balaban J connectivity index is 2.44. The molecule has 1 saturated heterocycles. The first kappa shape index (κ1) is 15.9. The fourth-order valence-corrected chi connectivity index (χ4v) is 3.16. The Labute approximate surface area is 125 Å². The van der Waals surface area contributed by atoms with Gasteiger partial charge in [-0.15, -0.1) is 0 Å². The van der Waals surface area contributed by atoms with Gasteiger partial charge >= 0.3 is 0 Å². The maximum atomic E-state index is 12.9. The fraction of sp³-hybridized carbons (Fsp3) is 0.562. The average molecular weight is 292 g/mol. The minimum Gasteiger partial charge on any atom is -0.364 e. The topological polar surface area (TPSA) is 61.8 Å². The van der Waals surface area contributed by atoms with Gasteiger partial charge in [-0.3, -0.25) is 9.63 Å². The molecular formula is C16H24N2O3. The number of benzene rings is 1. The van der Waals surface area contributed by atoms with Gasteiger partial charge in [0.05, 0.1) is 5.92 Å². The molecule has 0 bridgehead atoms. The average Bonchev–Trinajstić information content (AvgIpc) is 2.72. The summed E-state index contributed by atoms with van der Waals surface area (Å²) in [5, 5.41) is 10.6. The summed E-state index contributed by atoms with van der Waals surface area (Å²) < 4.78 is 0. The van der Waals surface area contributed by atoms with Crippen molar-refractivity contribution in [1.82, 2.24) is 10.4 Å². The molecule has 1 amide bonds. The van der Waals surface area contributed by atoms with E-state index in [-0.39, 0.29) is 5.91 Å². The van der Waals surface area contributed by atoms with Crippen LogP contribution >= 0.6 is 0 Å². The van der Waals surface area contributed by atoms with E-state index >= 15 is 0 Å². The minimum absolute atomic E-state index is 0.0703. The maximum Gasteiger partial charge on any atom is 0.245 e. The molecule has 1 aromatic rings. The first-order chi connectivity index (χ1) is 9.86. The second-order valence-electron chi connectivity index (χ2n) is 5.78. The number of nitrogens with one attached hydrogen (secondary N) is 1.